The summed E-state index contributed by atoms with van der Waals surface area (Å²) in [6, 6.07) is 0. The normalized spacial score (nSPS) is 22.0. The van der Waals surface area contributed by atoms with Gasteiger partial charge in [-0.05, 0) is 19.4 Å². The van der Waals surface area contributed by atoms with Crippen molar-refractivity contribution in [3.8, 4) is 0 Å². The lowest BCUT2D eigenvalue weighted by atomic mass is 10.4. The molecule has 0 spiro atoms. The molecule has 2 atom stereocenters. The van der Waals surface area contributed by atoms with Gasteiger partial charge in [-0.2, -0.15) is 0 Å². The van der Waals surface area contributed by atoms with E-state index in [4.69, 9.17) is 4.74 Å². The first-order valence-corrected chi connectivity index (χ1v) is 8.80. The highest BCUT2D eigenvalue weighted by atomic mass is 32.2. The van der Waals surface area contributed by atoms with Crippen LogP contribution in [0.5, 0.6) is 0 Å². The molecular weight excluding hydrogens is 300 g/mol. The molecule has 3 nitrogen and oxygen atoms in total. The number of hydrogen-bond donors (Lipinski definition) is 0. The Morgan fingerprint density at radius 1 is 1.32 bits per heavy atom. The van der Waals surface area contributed by atoms with Crippen LogP contribution in [0.15, 0.2) is 24.3 Å². The SMILES string of the molecule is C=C(C)C(=O)OCC1CSC(CSC(=O)C(=C)C)S1. The van der Waals surface area contributed by atoms with Gasteiger partial charge < -0.3 is 4.74 Å². The van der Waals surface area contributed by atoms with Crippen LogP contribution in [0.4, 0.5) is 0 Å². The molecule has 0 saturated carbocycles. The van der Waals surface area contributed by atoms with E-state index in [0.29, 0.717) is 27.6 Å². The minimum atomic E-state index is -0.333. The van der Waals surface area contributed by atoms with Crippen LogP contribution in [0, 0.1) is 0 Å². The van der Waals surface area contributed by atoms with Crippen molar-refractivity contribution in [1.29, 1.82) is 0 Å². The number of ether oxygens (including phenoxy) is 1. The first-order chi connectivity index (χ1) is 8.90. The van der Waals surface area contributed by atoms with Gasteiger partial charge in [0, 0.05) is 22.3 Å². The van der Waals surface area contributed by atoms with E-state index in [1.807, 2.05) is 11.8 Å². The van der Waals surface area contributed by atoms with Crippen molar-refractivity contribution < 1.29 is 14.3 Å². The van der Waals surface area contributed by atoms with Gasteiger partial charge in [-0.15, -0.1) is 23.5 Å². The lowest BCUT2D eigenvalue weighted by Gasteiger charge is -2.10. The summed E-state index contributed by atoms with van der Waals surface area (Å²) in [7, 11) is 0. The molecule has 1 saturated heterocycles. The van der Waals surface area contributed by atoms with E-state index in [2.05, 4.69) is 13.2 Å². The summed E-state index contributed by atoms with van der Waals surface area (Å²) in [6.45, 7) is 11.0. The molecule has 0 aromatic heterocycles. The molecule has 1 aliphatic rings. The summed E-state index contributed by atoms with van der Waals surface area (Å²) in [4.78, 5) is 22.7. The second kappa shape index (κ2) is 8.07. The number of carbonyl (C=O) groups excluding carboxylic acids is 2. The largest absolute Gasteiger partial charge is 0.461 e. The van der Waals surface area contributed by atoms with Crippen LogP contribution in [-0.4, -0.2) is 39.0 Å². The molecule has 0 N–H and O–H groups in total. The zero-order valence-corrected chi connectivity index (χ0v) is 13.6. The first kappa shape index (κ1) is 16.7. The molecule has 1 aliphatic heterocycles. The molecule has 0 aromatic rings. The molecule has 1 rings (SSSR count). The van der Waals surface area contributed by atoms with E-state index < -0.39 is 0 Å². The van der Waals surface area contributed by atoms with E-state index in [1.54, 1.807) is 25.6 Å². The summed E-state index contributed by atoms with van der Waals surface area (Å²) < 4.78 is 5.52. The number of esters is 1. The van der Waals surface area contributed by atoms with Gasteiger partial charge in [-0.25, -0.2) is 4.79 Å². The molecule has 0 aromatic carbocycles. The van der Waals surface area contributed by atoms with Crippen molar-refractivity contribution in [3.63, 3.8) is 0 Å². The lowest BCUT2D eigenvalue weighted by Crippen LogP contribution is -2.16. The predicted octanol–water partition coefficient (Wildman–Crippen LogP) is 3.12. The molecule has 0 amide bonds. The summed E-state index contributed by atoms with van der Waals surface area (Å²) in [5, 5.41) is 0.359. The maximum atomic E-state index is 11.4. The molecule has 1 fully saturated rings. The fraction of sp³-hybridized carbons (Fsp3) is 0.538. The molecule has 106 valence electrons. The van der Waals surface area contributed by atoms with Crippen LogP contribution in [0.25, 0.3) is 0 Å². The molecule has 1 heterocycles. The fourth-order valence-corrected chi connectivity index (χ4v) is 5.56. The van der Waals surface area contributed by atoms with E-state index in [1.165, 1.54) is 11.8 Å². The third-order valence-corrected chi connectivity index (χ3v) is 7.04. The molecule has 2 unspecified atom stereocenters. The smallest absolute Gasteiger partial charge is 0.333 e. The molecule has 0 aliphatic carbocycles. The van der Waals surface area contributed by atoms with Crippen LogP contribution in [0.3, 0.4) is 0 Å². The zero-order chi connectivity index (χ0) is 14.4. The third kappa shape index (κ3) is 6.10. The maximum absolute atomic E-state index is 11.4. The van der Waals surface area contributed by atoms with E-state index in [-0.39, 0.29) is 11.1 Å². The number of thioether (sulfide) groups is 3. The monoisotopic (exact) mass is 318 g/mol. The van der Waals surface area contributed by atoms with Crippen LogP contribution in [0.2, 0.25) is 0 Å². The Balaban J connectivity index is 2.23. The highest BCUT2D eigenvalue weighted by molar-refractivity contribution is 8.22. The Morgan fingerprint density at radius 2 is 2.00 bits per heavy atom. The Morgan fingerprint density at radius 3 is 2.58 bits per heavy atom. The first-order valence-electron chi connectivity index (χ1n) is 5.82. The minimum absolute atomic E-state index is 0.0540. The van der Waals surface area contributed by atoms with Crippen LogP contribution in [-0.2, 0) is 14.3 Å². The average Bonchev–Trinajstić information content (AvgIpc) is 2.80. The highest BCUT2D eigenvalue weighted by Gasteiger charge is 2.27. The minimum Gasteiger partial charge on any atom is -0.461 e. The Kier molecular flexibility index (Phi) is 7.10. The quantitative estimate of drug-likeness (QED) is 0.554. The van der Waals surface area contributed by atoms with Crippen LogP contribution < -0.4 is 0 Å². The van der Waals surface area contributed by atoms with Crippen LogP contribution in [0.1, 0.15) is 13.8 Å². The van der Waals surface area contributed by atoms with Crippen molar-refractivity contribution in [1.82, 2.24) is 0 Å². The van der Waals surface area contributed by atoms with Gasteiger partial charge in [0.25, 0.3) is 0 Å². The number of rotatable bonds is 6. The third-order valence-electron chi connectivity index (χ3n) is 2.26. The van der Waals surface area contributed by atoms with Gasteiger partial charge in [-0.3, -0.25) is 4.79 Å². The van der Waals surface area contributed by atoms with Crippen molar-refractivity contribution in [2.45, 2.75) is 23.7 Å². The van der Waals surface area contributed by atoms with Gasteiger partial charge in [0.15, 0.2) is 0 Å². The maximum Gasteiger partial charge on any atom is 0.333 e. The van der Waals surface area contributed by atoms with Gasteiger partial charge in [0.05, 0.1) is 4.58 Å². The number of carbonyl (C=O) groups is 2. The van der Waals surface area contributed by atoms with E-state index in [9.17, 15) is 9.59 Å². The van der Waals surface area contributed by atoms with Crippen LogP contribution >= 0.6 is 35.3 Å². The second-order valence-corrected chi connectivity index (χ2v) is 8.31. The predicted molar refractivity (Wildman–Crippen MR) is 85.7 cm³/mol. The van der Waals surface area contributed by atoms with Crippen molar-refractivity contribution in [3.05, 3.63) is 24.3 Å². The van der Waals surface area contributed by atoms with Crippen molar-refractivity contribution in [2.24, 2.45) is 0 Å². The van der Waals surface area contributed by atoms with Gasteiger partial charge in [-0.1, -0.05) is 24.9 Å². The standard InChI is InChI=1S/C13H18O3S3/c1-8(2)12(14)16-5-10-6-17-11(19-10)7-18-13(15)9(3)4/h10-11H,1,3,5-7H2,2,4H3. The van der Waals surface area contributed by atoms with E-state index >= 15 is 0 Å². The summed E-state index contributed by atoms with van der Waals surface area (Å²) in [5.41, 5.74) is 1.01. The van der Waals surface area contributed by atoms with E-state index in [0.717, 1.165) is 11.5 Å². The molecule has 6 heteroatoms. The topological polar surface area (TPSA) is 43.4 Å². The lowest BCUT2D eigenvalue weighted by molar-refractivity contribution is -0.138. The Labute approximate surface area is 127 Å². The van der Waals surface area contributed by atoms with Gasteiger partial charge in [0.2, 0.25) is 5.12 Å². The Hall–Kier alpha value is -0.330. The second-order valence-electron chi connectivity index (χ2n) is 4.28. The summed E-state index contributed by atoms with van der Waals surface area (Å²) in [5.74, 6) is 1.38. The molecule has 0 bridgehead atoms. The highest BCUT2D eigenvalue weighted by Crippen LogP contribution is 2.40. The molecular formula is C13H18O3S3. The van der Waals surface area contributed by atoms with Gasteiger partial charge in [0.1, 0.15) is 6.61 Å². The van der Waals surface area contributed by atoms with Gasteiger partial charge >= 0.3 is 5.97 Å². The average molecular weight is 318 g/mol. The zero-order valence-electron chi connectivity index (χ0n) is 11.1. The van der Waals surface area contributed by atoms with Crippen molar-refractivity contribution >= 4 is 46.4 Å². The Bertz CT molecular complexity index is 357. The summed E-state index contributed by atoms with van der Waals surface area (Å²) in [6.07, 6.45) is 0. The molecule has 0 radical (unpaired) electrons. The van der Waals surface area contributed by atoms with Crippen molar-refractivity contribution in [2.75, 3.05) is 18.1 Å². The molecule has 19 heavy (non-hydrogen) atoms. The summed E-state index contributed by atoms with van der Waals surface area (Å²) >= 11 is 4.89. The fourth-order valence-electron chi connectivity index (χ4n) is 1.24. The number of hydrogen-bond acceptors (Lipinski definition) is 6.